The highest BCUT2D eigenvalue weighted by Gasteiger charge is 2.10. The van der Waals surface area contributed by atoms with E-state index in [4.69, 9.17) is 0 Å². The minimum atomic E-state index is 0.0941. The van der Waals surface area contributed by atoms with Crippen LogP contribution >= 0.6 is 31.9 Å². The van der Waals surface area contributed by atoms with Crippen molar-refractivity contribution in [2.75, 3.05) is 0 Å². The summed E-state index contributed by atoms with van der Waals surface area (Å²) < 4.78 is 1.42. The maximum atomic E-state index is 9.54. The monoisotopic (exact) mass is 335 g/mol. The van der Waals surface area contributed by atoms with Crippen LogP contribution in [0.1, 0.15) is 26.3 Å². The van der Waals surface area contributed by atoms with Crippen molar-refractivity contribution < 1.29 is 5.11 Å². The summed E-state index contributed by atoms with van der Waals surface area (Å²) in [5, 5.41) is 12.9. The van der Waals surface area contributed by atoms with E-state index in [0.717, 1.165) is 12.1 Å². The zero-order valence-electron chi connectivity index (χ0n) is 9.06. The van der Waals surface area contributed by atoms with Gasteiger partial charge in [-0.15, -0.1) is 0 Å². The molecular weight excluding hydrogens is 322 g/mol. The molecule has 0 fully saturated rings. The number of halogens is 2. The van der Waals surface area contributed by atoms with Gasteiger partial charge in [0.1, 0.15) is 5.75 Å². The molecule has 0 aliphatic heterocycles. The number of phenolic OH excluding ortho intramolecular Hbond substituents is 1. The summed E-state index contributed by atoms with van der Waals surface area (Å²) in [5.74, 6) is 0.245. The average molecular weight is 337 g/mol. The number of rotatable bonds is 2. The molecule has 0 heterocycles. The number of phenols is 1. The first-order valence-corrected chi connectivity index (χ1v) is 6.30. The fourth-order valence-corrected chi connectivity index (χ4v) is 2.37. The van der Waals surface area contributed by atoms with Crippen molar-refractivity contribution in [3.63, 3.8) is 0 Å². The van der Waals surface area contributed by atoms with Gasteiger partial charge in [-0.25, -0.2) is 0 Å². The Kier molecular flexibility index (Phi) is 4.20. The fourth-order valence-electron chi connectivity index (χ4n) is 1.09. The van der Waals surface area contributed by atoms with Crippen LogP contribution in [0, 0.1) is 0 Å². The summed E-state index contributed by atoms with van der Waals surface area (Å²) in [6.07, 6.45) is 0. The quantitative estimate of drug-likeness (QED) is 0.860. The first kappa shape index (κ1) is 13.0. The highest BCUT2D eigenvalue weighted by molar-refractivity contribution is 9.11. The predicted molar refractivity (Wildman–Crippen MR) is 70.1 cm³/mol. The molecule has 1 aromatic carbocycles. The summed E-state index contributed by atoms with van der Waals surface area (Å²) in [5.41, 5.74) is 1.22. The molecule has 0 aliphatic rings. The van der Waals surface area contributed by atoms with E-state index in [0.29, 0.717) is 8.95 Å². The lowest BCUT2D eigenvalue weighted by Crippen LogP contribution is -2.35. The van der Waals surface area contributed by atoms with Gasteiger partial charge in [-0.2, -0.15) is 0 Å². The van der Waals surface area contributed by atoms with Crippen molar-refractivity contribution in [2.45, 2.75) is 32.9 Å². The van der Waals surface area contributed by atoms with Crippen molar-refractivity contribution in [2.24, 2.45) is 0 Å². The van der Waals surface area contributed by atoms with Gasteiger partial charge >= 0.3 is 0 Å². The van der Waals surface area contributed by atoms with Gasteiger partial charge in [0.2, 0.25) is 0 Å². The smallest absolute Gasteiger partial charge is 0.143 e. The number of hydrogen-bond donors (Lipinski definition) is 2. The van der Waals surface area contributed by atoms with Crippen LogP contribution < -0.4 is 5.32 Å². The Morgan fingerprint density at radius 3 is 2.07 bits per heavy atom. The number of hydrogen-bond acceptors (Lipinski definition) is 2. The molecule has 84 valence electrons. The van der Waals surface area contributed by atoms with E-state index in [-0.39, 0.29) is 11.3 Å². The van der Waals surface area contributed by atoms with Crippen LogP contribution in [0.4, 0.5) is 0 Å². The zero-order chi connectivity index (χ0) is 11.6. The van der Waals surface area contributed by atoms with E-state index in [9.17, 15) is 5.11 Å². The van der Waals surface area contributed by atoms with Crippen molar-refractivity contribution in [1.82, 2.24) is 5.32 Å². The molecule has 2 nitrogen and oxygen atoms in total. The largest absolute Gasteiger partial charge is 0.506 e. The summed E-state index contributed by atoms with van der Waals surface area (Å²) in [4.78, 5) is 0. The van der Waals surface area contributed by atoms with Gasteiger partial charge in [-0.05, 0) is 70.3 Å². The van der Waals surface area contributed by atoms with E-state index in [1.54, 1.807) is 0 Å². The lowest BCUT2D eigenvalue weighted by Gasteiger charge is -2.20. The first-order valence-electron chi connectivity index (χ1n) is 4.71. The van der Waals surface area contributed by atoms with Gasteiger partial charge in [0.05, 0.1) is 8.95 Å². The van der Waals surface area contributed by atoms with Gasteiger partial charge in [-0.3, -0.25) is 0 Å². The third kappa shape index (κ3) is 4.13. The molecule has 2 N–H and O–H groups in total. The molecule has 0 aromatic heterocycles. The molecule has 0 bridgehead atoms. The molecular formula is C11H15Br2NO. The van der Waals surface area contributed by atoms with Crippen molar-refractivity contribution in [3.05, 3.63) is 26.6 Å². The van der Waals surface area contributed by atoms with Crippen LogP contribution in [-0.2, 0) is 6.54 Å². The average Bonchev–Trinajstić information content (AvgIpc) is 2.09. The standard InChI is InChI=1S/C11H15Br2NO/c1-11(2,3)14-6-7-4-8(12)10(15)9(13)5-7/h4-5,14-15H,6H2,1-3H3. The Labute approximate surface area is 107 Å². The van der Waals surface area contributed by atoms with E-state index in [2.05, 4.69) is 57.9 Å². The molecule has 4 heteroatoms. The molecule has 1 aromatic rings. The van der Waals surface area contributed by atoms with Crippen LogP contribution in [-0.4, -0.2) is 10.6 Å². The zero-order valence-corrected chi connectivity index (χ0v) is 12.2. The SMILES string of the molecule is CC(C)(C)NCc1cc(Br)c(O)c(Br)c1. The highest BCUT2D eigenvalue weighted by atomic mass is 79.9. The van der Waals surface area contributed by atoms with E-state index in [1.807, 2.05) is 12.1 Å². The fraction of sp³-hybridized carbons (Fsp3) is 0.455. The second-order valence-electron chi connectivity index (χ2n) is 4.51. The van der Waals surface area contributed by atoms with Gasteiger partial charge in [0, 0.05) is 12.1 Å². The Bertz CT molecular complexity index is 335. The van der Waals surface area contributed by atoms with E-state index in [1.165, 1.54) is 0 Å². The minimum Gasteiger partial charge on any atom is -0.506 e. The molecule has 15 heavy (non-hydrogen) atoms. The van der Waals surface area contributed by atoms with Crippen molar-refractivity contribution in [3.8, 4) is 5.75 Å². The van der Waals surface area contributed by atoms with Crippen LogP contribution in [0.15, 0.2) is 21.1 Å². The molecule has 0 unspecified atom stereocenters. The molecule has 0 atom stereocenters. The van der Waals surface area contributed by atoms with Crippen molar-refractivity contribution in [1.29, 1.82) is 0 Å². The number of nitrogens with one attached hydrogen (secondary N) is 1. The van der Waals surface area contributed by atoms with Gasteiger partial charge in [-0.1, -0.05) is 0 Å². The van der Waals surface area contributed by atoms with Gasteiger partial charge < -0.3 is 10.4 Å². The Morgan fingerprint density at radius 1 is 1.20 bits per heavy atom. The van der Waals surface area contributed by atoms with Crippen molar-refractivity contribution >= 4 is 31.9 Å². The normalized spacial score (nSPS) is 11.8. The van der Waals surface area contributed by atoms with E-state index < -0.39 is 0 Å². The topological polar surface area (TPSA) is 32.3 Å². The molecule has 1 rings (SSSR count). The predicted octanol–water partition coefficient (Wildman–Crippen LogP) is 3.81. The number of aromatic hydroxyl groups is 1. The molecule has 0 radical (unpaired) electrons. The molecule has 0 spiro atoms. The lowest BCUT2D eigenvalue weighted by molar-refractivity contribution is 0.423. The molecule has 0 saturated heterocycles. The van der Waals surface area contributed by atoms with Gasteiger partial charge in [0.25, 0.3) is 0 Å². The van der Waals surface area contributed by atoms with Crippen LogP contribution in [0.5, 0.6) is 5.75 Å². The summed E-state index contributed by atoms with van der Waals surface area (Å²) in [7, 11) is 0. The Hall–Kier alpha value is -0.0600. The van der Waals surface area contributed by atoms with Gasteiger partial charge in [0.15, 0.2) is 0 Å². The van der Waals surface area contributed by atoms with E-state index >= 15 is 0 Å². The second-order valence-corrected chi connectivity index (χ2v) is 6.22. The minimum absolute atomic E-state index is 0.0941. The van der Waals surface area contributed by atoms with Crippen LogP contribution in [0.3, 0.4) is 0 Å². The second kappa shape index (κ2) is 4.85. The first-order chi connectivity index (χ1) is 6.79. The summed E-state index contributed by atoms with van der Waals surface area (Å²) in [6, 6.07) is 3.83. The van der Waals surface area contributed by atoms with Crippen LogP contribution in [0.25, 0.3) is 0 Å². The lowest BCUT2D eigenvalue weighted by atomic mass is 10.1. The molecule has 0 saturated carbocycles. The third-order valence-electron chi connectivity index (χ3n) is 1.90. The Morgan fingerprint density at radius 2 is 1.67 bits per heavy atom. The number of benzene rings is 1. The highest BCUT2D eigenvalue weighted by Crippen LogP contribution is 2.33. The summed E-state index contributed by atoms with van der Waals surface area (Å²) >= 11 is 6.62. The molecule has 0 aliphatic carbocycles. The summed E-state index contributed by atoms with van der Waals surface area (Å²) in [6.45, 7) is 7.15. The van der Waals surface area contributed by atoms with Crippen LogP contribution in [0.2, 0.25) is 0 Å². The Balaban J connectivity index is 2.80. The third-order valence-corrected chi connectivity index (χ3v) is 3.11. The maximum absolute atomic E-state index is 9.54. The maximum Gasteiger partial charge on any atom is 0.143 e. The molecule has 0 amide bonds.